The third-order valence-electron chi connectivity index (χ3n) is 11.0. The Morgan fingerprint density at radius 1 is 1.00 bits per heavy atom. The number of furan rings is 1. The third-order valence-corrected chi connectivity index (χ3v) is 11.0. The molecule has 1 heterocycles. The lowest BCUT2D eigenvalue weighted by molar-refractivity contribution is -0.181. The number of hydrogen-bond donors (Lipinski definition) is 0. The van der Waals surface area contributed by atoms with Crippen molar-refractivity contribution in [3.63, 3.8) is 0 Å². The Hall–Kier alpha value is -2.72. The molecule has 7 atom stereocenters. The van der Waals surface area contributed by atoms with Crippen LogP contribution in [0.1, 0.15) is 70.9 Å². The number of carbonyl (C=O) groups is 2. The minimum absolute atomic E-state index is 0.101. The van der Waals surface area contributed by atoms with Crippen LogP contribution in [-0.4, -0.2) is 17.7 Å². The summed E-state index contributed by atoms with van der Waals surface area (Å²) < 4.78 is 12.3. The van der Waals surface area contributed by atoms with E-state index in [1.54, 1.807) is 12.5 Å². The van der Waals surface area contributed by atoms with Gasteiger partial charge < -0.3 is 9.15 Å². The van der Waals surface area contributed by atoms with Crippen LogP contribution in [0.25, 0.3) is 0 Å². The second-order valence-corrected chi connectivity index (χ2v) is 13.1. The number of benzene rings is 1. The molecule has 4 aliphatic rings. The van der Waals surface area contributed by atoms with Crippen molar-refractivity contribution >= 4 is 11.6 Å². The Bertz CT molecular complexity index is 1280. The Morgan fingerprint density at radius 3 is 2.46 bits per heavy atom. The molecule has 0 amide bonds. The number of ketones is 2. The summed E-state index contributed by atoms with van der Waals surface area (Å²) in [6, 6.07) is 12.2. The van der Waals surface area contributed by atoms with Gasteiger partial charge in [0.25, 0.3) is 0 Å². The minimum atomic E-state index is -0.459. The van der Waals surface area contributed by atoms with Gasteiger partial charge in [0.15, 0.2) is 11.6 Å². The number of hydrogen-bond acceptors (Lipinski definition) is 4. The van der Waals surface area contributed by atoms with Crippen LogP contribution < -0.4 is 0 Å². The first kappa shape index (κ1) is 24.6. The summed E-state index contributed by atoms with van der Waals surface area (Å²) in [4.78, 5) is 26.7. The fourth-order valence-electron chi connectivity index (χ4n) is 9.08. The van der Waals surface area contributed by atoms with Gasteiger partial charge in [-0.15, -0.1) is 0 Å². The van der Waals surface area contributed by atoms with E-state index in [2.05, 4.69) is 52.8 Å². The highest BCUT2D eigenvalue weighted by atomic mass is 16.5. The van der Waals surface area contributed by atoms with Crippen LogP contribution in [-0.2, 0) is 20.9 Å². The minimum Gasteiger partial charge on any atom is -0.472 e. The molecule has 194 valence electrons. The van der Waals surface area contributed by atoms with Gasteiger partial charge in [0.1, 0.15) is 0 Å². The number of ether oxygens (including phenoxy) is 1. The first-order valence-electron chi connectivity index (χ1n) is 13.7. The fraction of sp³-hybridized carbons (Fsp3) is 0.515. The second kappa shape index (κ2) is 8.14. The van der Waals surface area contributed by atoms with E-state index in [1.807, 2.05) is 36.4 Å². The van der Waals surface area contributed by atoms with Crippen molar-refractivity contribution in [2.75, 3.05) is 0 Å². The molecule has 1 aromatic carbocycles. The van der Waals surface area contributed by atoms with Gasteiger partial charge in [-0.1, -0.05) is 76.6 Å². The fourth-order valence-corrected chi connectivity index (χ4v) is 9.08. The monoisotopic (exact) mass is 498 g/mol. The smallest absolute Gasteiger partial charge is 0.164 e. The molecule has 4 nitrogen and oxygen atoms in total. The second-order valence-electron chi connectivity index (χ2n) is 13.1. The van der Waals surface area contributed by atoms with Gasteiger partial charge in [-0.05, 0) is 60.3 Å². The maximum atomic E-state index is 13.6. The van der Waals surface area contributed by atoms with Gasteiger partial charge in [0.2, 0.25) is 0 Å². The number of rotatable bonds is 4. The molecule has 0 aliphatic heterocycles. The number of carbonyl (C=O) groups excluding carboxylic acids is 2. The maximum absolute atomic E-state index is 13.6. The highest BCUT2D eigenvalue weighted by molar-refractivity contribution is 6.01. The van der Waals surface area contributed by atoms with Crippen LogP contribution in [0, 0.1) is 33.5 Å². The van der Waals surface area contributed by atoms with Crippen molar-refractivity contribution in [1.29, 1.82) is 0 Å². The molecule has 0 N–H and O–H groups in total. The molecule has 2 fully saturated rings. The summed E-state index contributed by atoms with van der Waals surface area (Å²) in [6.45, 7) is 11.7. The Labute approximate surface area is 220 Å². The van der Waals surface area contributed by atoms with Gasteiger partial charge in [-0.3, -0.25) is 9.59 Å². The third kappa shape index (κ3) is 3.30. The van der Waals surface area contributed by atoms with Gasteiger partial charge in [-0.25, -0.2) is 0 Å². The van der Waals surface area contributed by atoms with Crippen LogP contribution in [0.2, 0.25) is 0 Å². The van der Waals surface area contributed by atoms with E-state index in [1.165, 1.54) is 5.57 Å². The zero-order valence-electron chi connectivity index (χ0n) is 22.6. The molecule has 2 saturated carbocycles. The zero-order chi connectivity index (χ0) is 26.2. The standard InChI is InChI=1S/C33H38O4/c1-30(2)25-18-28(37-19-21-9-7-6-8-10-21)33(5)24(31(25,3)15-12-27(30)35)11-14-32(4)26(33)17-23(34)29(32)22-13-16-36-20-22/h6-10,12-13,15-17,20,24-25,28-29H,11,14,18-19H2,1-5H3/t24-,25+,28-,29-,31-,32-,33-/m1/s1. The Kier molecular flexibility index (Phi) is 5.41. The number of fused-ring (bicyclic) bond motifs is 5. The van der Waals surface area contributed by atoms with E-state index in [4.69, 9.17) is 9.15 Å². The molecule has 1 aromatic heterocycles. The van der Waals surface area contributed by atoms with Crippen LogP contribution >= 0.6 is 0 Å². The van der Waals surface area contributed by atoms with E-state index in [0.29, 0.717) is 6.61 Å². The summed E-state index contributed by atoms with van der Waals surface area (Å²) in [5, 5.41) is 0. The molecule has 0 saturated heterocycles. The molecule has 0 unspecified atom stereocenters. The first-order chi connectivity index (χ1) is 17.5. The first-order valence-corrected chi connectivity index (χ1v) is 13.7. The molecule has 0 radical (unpaired) electrons. The van der Waals surface area contributed by atoms with Crippen LogP contribution in [0.15, 0.2) is 77.1 Å². The molecular formula is C33H38O4. The summed E-state index contributed by atoms with van der Waals surface area (Å²) in [5.74, 6) is 0.585. The highest BCUT2D eigenvalue weighted by Gasteiger charge is 2.68. The van der Waals surface area contributed by atoms with Crippen molar-refractivity contribution in [2.45, 2.75) is 72.5 Å². The largest absolute Gasteiger partial charge is 0.472 e. The molecule has 0 bridgehead atoms. The summed E-state index contributed by atoms with van der Waals surface area (Å²) in [7, 11) is 0. The molecule has 2 aromatic rings. The van der Waals surface area contributed by atoms with E-state index in [0.717, 1.165) is 30.4 Å². The van der Waals surface area contributed by atoms with Gasteiger partial charge in [0.05, 0.1) is 31.2 Å². The van der Waals surface area contributed by atoms with E-state index >= 15 is 0 Å². The van der Waals surface area contributed by atoms with Crippen LogP contribution in [0.3, 0.4) is 0 Å². The summed E-state index contributed by atoms with van der Waals surface area (Å²) >= 11 is 0. The van der Waals surface area contributed by atoms with Crippen molar-refractivity contribution in [2.24, 2.45) is 33.5 Å². The van der Waals surface area contributed by atoms with Gasteiger partial charge in [-0.2, -0.15) is 0 Å². The molecular weight excluding hydrogens is 460 g/mol. The molecule has 6 rings (SSSR count). The molecule has 4 aliphatic carbocycles. The van der Waals surface area contributed by atoms with Crippen LogP contribution in [0.5, 0.6) is 0 Å². The predicted molar refractivity (Wildman–Crippen MR) is 143 cm³/mol. The van der Waals surface area contributed by atoms with Crippen LogP contribution in [0.4, 0.5) is 0 Å². The number of allylic oxidation sites excluding steroid dienone is 3. The van der Waals surface area contributed by atoms with Crippen molar-refractivity contribution in [1.82, 2.24) is 0 Å². The van der Waals surface area contributed by atoms with Gasteiger partial charge >= 0.3 is 0 Å². The summed E-state index contributed by atoms with van der Waals surface area (Å²) in [6.07, 6.45) is 12.0. The average Bonchev–Trinajstić information content (AvgIpc) is 3.47. The highest BCUT2D eigenvalue weighted by Crippen LogP contribution is 2.72. The zero-order valence-corrected chi connectivity index (χ0v) is 22.6. The quantitative estimate of drug-likeness (QED) is 0.452. The normalized spacial score (nSPS) is 40.1. The average molecular weight is 499 g/mol. The lowest BCUT2D eigenvalue weighted by Crippen LogP contribution is -2.64. The van der Waals surface area contributed by atoms with Crippen molar-refractivity contribution in [3.05, 3.63) is 83.9 Å². The van der Waals surface area contributed by atoms with E-state index in [-0.39, 0.29) is 51.7 Å². The maximum Gasteiger partial charge on any atom is 0.164 e. The topological polar surface area (TPSA) is 56.5 Å². The Balaban J connectivity index is 1.47. The van der Waals surface area contributed by atoms with E-state index in [9.17, 15) is 9.59 Å². The summed E-state index contributed by atoms with van der Waals surface area (Å²) in [5.41, 5.74) is 2.10. The predicted octanol–water partition coefficient (Wildman–Crippen LogP) is 7.07. The van der Waals surface area contributed by atoms with Gasteiger partial charge in [0, 0.05) is 21.8 Å². The molecule has 0 spiro atoms. The lowest BCUT2D eigenvalue weighted by atomic mass is 9.38. The Morgan fingerprint density at radius 2 is 1.76 bits per heavy atom. The SMILES string of the molecule is CC1(C)C(=O)C=C[C@]2(C)[C@H]3CC[C@]4(C)C(=CC(=O)[C@H]4c4ccoc4)[C@]3(C)[C@H](OCc3ccccc3)C[C@@H]12. The lowest BCUT2D eigenvalue weighted by Gasteiger charge is -2.66. The molecule has 4 heteroatoms. The van der Waals surface area contributed by atoms with Crippen molar-refractivity contribution in [3.8, 4) is 0 Å². The van der Waals surface area contributed by atoms with E-state index < -0.39 is 5.41 Å². The molecule has 37 heavy (non-hydrogen) atoms. The van der Waals surface area contributed by atoms with Crippen molar-refractivity contribution < 1.29 is 18.7 Å².